The van der Waals surface area contributed by atoms with Gasteiger partial charge in [0.05, 0.1) is 4.34 Å². The van der Waals surface area contributed by atoms with Gasteiger partial charge in [-0.15, -0.1) is 11.3 Å². The topological polar surface area (TPSA) is 46.2 Å². The van der Waals surface area contributed by atoms with E-state index in [4.69, 9.17) is 11.6 Å². The normalized spacial score (nSPS) is 24.6. The second kappa shape index (κ2) is 5.79. The molecule has 0 saturated heterocycles. The number of rotatable bonds is 4. The summed E-state index contributed by atoms with van der Waals surface area (Å²) in [6.45, 7) is 2.32. The predicted molar refractivity (Wildman–Crippen MR) is 79.3 cm³/mol. The molecule has 1 fully saturated rings. The third kappa shape index (κ3) is 3.48. The highest BCUT2D eigenvalue weighted by molar-refractivity contribution is 9.09. The minimum absolute atomic E-state index is 0.304. The molecular formula is C11H15BrClNO2S2. The van der Waals surface area contributed by atoms with Gasteiger partial charge in [0.15, 0.2) is 0 Å². The Balaban J connectivity index is 1.99. The maximum Gasteiger partial charge on any atom is 0.250 e. The Hall–Kier alpha value is 0.380. The Morgan fingerprint density at radius 2 is 2.28 bits per heavy atom. The first-order valence-electron chi connectivity index (χ1n) is 5.78. The molecule has 1 heterocycles. The molecule has 0 radical (unpaired) electrons. The summed E-state index contributed by atoms with van der Waals surface area (Å²) in [5, 5.41) is 0. The van der Waals surface area contributed by atoms with E-state index in [0.717, 1.165) is 36.2 Å². The Morgan fingerprint density at radius 3 is 2.78 bits per heavy atom. The molecule has 2 unspecified atom stereocenters. The molecule has 1 aromatic rings. The van der Waals surface area contributed by atoms with E-state index in [0.29, 0.717) is 25.8 Å². The lowest BCUT2D eigenvalue weighted by Gasteiger charge is -2.10. The SMILES string of the molecule is Cc1cc(S(=O)(=O)NCC2CCC(Br)C2)sc1Cl. The van der Waals surface area contributed by atoms with Crippen molar-refractivity contribution in [2.75, 3.05) is 6.54 Å². The molecule has 1 N–H and O–H groups in total. The van der Waals surface area contributed by atoms with Crippen LogP contribution in [0.5, 0.6) is 0 Å². The smallest absolute Gasteiger partial charge is 0.210 e. The van der Waals surface area contributed by atoms with Crippen LogP contribution in [0, 0.1) is 12.8 Å². The van der Waals surface area contributed by atoms with Gasteiger partial charge in [-0.05, 0) is 43.7 Å². The van der Waals surface area contributed by atoms with Crippen LogP contribution < -0.4 is 4.72 Å². The Labute approximate surface area is 125 Å². The molecule has 1 aromatic heterocycles. The number of halogens is 2. The first-order chi connectivity index (χ1) is 8.38. The van der Waals surface area contributed by atoms with Crippen molar-refractivity contribution in [2.45, 2.75) is 35.2 Å². The van der Waals surface area contributed by atoms with Crippen molar-refractivity contribution in [3.05, 3.63) is 16.0 Å². The van der Waals surface area contributed by atoms with Crippen LogP contribution in [0.4, 0.5) is 0 Å². The summed E-state index contributed by atoms with van der Waals surface area (Å²) in [7, 11) is -3.40. The van der Waals surface area contributed by atoms with Crippen molar-refractivity contribution < 1.29 is 8.42 Å². The van der Waals surface area contributed by atoms with Gasteiger partial charge in [0.1, 0.15) is 4.21 Å². The summed E-state index contributed by atoms with van der Waals surface area (Å²) in [5.74, 6) is 0.431. The minimum atomic E-state index is -3.40. The van der Waals surface area contributed by atoms with E-state index in [1.165, 1.54) is 0 Å². The van der Waals surface area contributed by atoms with Gasteiger partial charge in [0.2, 0.25) is 10.0 Å². The summed E-state index contributed by atoms with van der Waals surface area (Å²) in [5.41, 5.74) is 0.809. The van der Waals surface area contributed by atoms with Gasteiger partial charge in [0.25, 0.3) is 0 Å². The van der Waals surface area contributed by atoms with E-state index in [-0.39, 0.29) is 0 Å². The highest BCUT2D eigenvalue weighted by Gasteiger charge is 2.25. The highest BCUT2D eigenvalue weighted by atomic mass is 79.9. The van der Waals surface area contributed by atoms with Crippen molar-refractivity contribution >= 4 is 48.9 Å². The molecule has 1 aliphatic rings. The Bertz CT molecular complexity index is 510. The molecule has 1 aliphatic carbocycles. The van der Waals surface area contributed by atoms with Crippen molar-refractivity contribution in [3.63, 3.8) is 0 Å². The molecule has 7 heteroatoms. The Morgan fingerprint density at radius 1 is 1.56 bits per heavy atom. The van der Waals surface area contributed by atoms with E-state index in [9.17, 15) is 8.42 Å². The lowest BCUT2D eigenvalue weighted by molar-refractivity contribution is 0.521. The van der Waals surface area contributed by atoms with Gasteiger partial charge in [-0.3, -0.25) is 0 Å². The average molecular weight is 373 g/mol. The fourth-order valence-corrected chi connectivity index (χ4v) is 5.72. The number of sulfonamides is 1. The molecule has 1 saturated carbocycles. The van der Waals surface area contributed by atoms with Crippen LogP contribution in [0.15, 0.2) is 10.3 Å². The van der Waals surface area contributed by atoms with E-state index in [1.807, 2.05) is 6.92 Å². The van der Waals surface area contributed by atoms with Crippen LogP contribution in [0.25, 0.3) is 0 Å². The average Bonchev–Trinajstić information content (AvgIpc) is 2.84. The van der Waals surface area contributed by atoms with Gasteiger partial charge in [0, 0.05) is 11.4 Å². The number of nitrogens with one attached hydrogen (secondary N) is 1. The first kappa shape index (κ1) is 14.8. The molecule has 18 heavy (non-hydrogen) atoms. The van der Waals surface area contributed by atoms with Gasteiger partial charge >= 0.3 is 0 Å². The molecule has 0 aliphatic heterocycles. The highest BCUT2D eigenvalue weighted by Crippen LogP contribution is 2.32. The molecule has 0 bridgehead atoms. The summed E-state index contributed by atoms with van der Waals surface area (Å²) in [4.78, 5) is 0.533. The zero-order chi connectivity index (χ0) is 13.3. The van der Waals surface area contributed by atoms with E-state index >= 15 is 0 Å². The monoisotopic (exact) mass is 371 g/mol. The number of alkyl halides is 1. The van der Waals surface area contributed by atoms with E-state index in [1.54, 1.807) is 6.07 Å². The number of aryl methyl sites for hydroxylation is 1. The van der Waals surface area contributed by atoms with Gasteiger partial charge in [-0.25, -0.2) is 13.1 Å². The van der Waals surface area contributed by atoms with Crippen LogP contribution in [-0.4, -0.2) is 19.8 Å². The molecule has 0 spiro atoms. The molecule has 2 atom stereocenters. The molecule has 3 nitrogen and oxygen atoms in total. The number of hydrogen-bond donors (Lipinski definition) is 1. The summed E-state index contributed by atoms with van der Waals surface area (Å²) in [6, 6.07) is 1.62. The van der Waals surface area contributed by atoms with Crippen LogP contribution in [0.1, 0.15) is 24.8 Å². The number of hydrogen-bond acceptors (Lipinski definition) is 3. The van der Waals surface area contributed by atoms with Crippen LogP contribution in [-0.2, 0) is 10.0 Å². The summed E-state index contributed by atoms with van der Waals surface area (Å²) >= 11 is 10.6. The maximum absolute atomic E-state index is 12.1. The summed E-state index contributed by atoms with van der Waals surface area (Å²) < 4.78 is 27.7. The second-order valence-electron chi connectivity index (χ2n) is 4.65. The van der Waals surface area contributed by atoms with E-state index < -0.39 is 10.0 Å². The molecular weight excluding hydrogens is 358 g/mol. The van der Waals surface area contributed by atoms with Crippen LogP contribution in [0.2, 0.25) is 4.34 Å². The van der Waals surface area contributed by atoms with Crippen LogP contribution >= 0.6 is 38.9 Å². The first-order valence-corrected chi connectivity index (χ1v) is 9.37. The minimum Gasteiger partial charge on any atom is -0.210 e. The van der Waals surface area contributed by atoms with Crippen LogP contribution in [0.3, 0.4) is 0 Å². The third-order valence-electron chi connectivity index (χ3n) is 3.14. The second-order valence-corrected chi connectivity index (χ2v) is 9.59. The molecule has 0 aromatic carbocycles. The number of thiophene rings is 1. The van der Waals surface area contributed by atoms with Gasteiger partial charge in [-0.1, -0.05) is 27.5 Å². The molecule has 0 amide bonds. The van der Waals surface area contributed by atoms with Crippen molar-refractivity contribution in [3.8, 4) is 0 Å². The Kier molecular flexibility index (Phi) is 4.75. The largest absolute Gasteiger partial charge is 0.250 e. The van der Waals surface area contributed by atoms with Crippen molar-refractivity contribution in [2.24, 2.45) is 5.92 Å². The van der Waals surface area contributed by atoms with Crippen molar-refractivity contribution in [1.29, 1.82) is 0 Å². The molecule has 2 rings (SSSR count). The van der Waals surface area contributed by atoms with E-state index in [2.05, 4.69) is 20.7 Å². The third-order valence-corrected chi connectivity index (χ3v) is 7.42. The van der Waals surface area contributed by atoms with Gasteiger partial charge < -0.3 is 0 Å². The summed E-state index contributed by atoms with van der Waals surface area (Å²) in [6.07, 6.45) is 3.23. The maximum atomic E-state index is 12.1. The fraction of sp³-hybridized carbons (Fsp3) is 0.636. The fourth-order valence-electron chi connectivity index (χ4n) is 2.06. The zero-order valence-corrected chi connectivity index (χ0v) is 13.9. The van der Waals surface area contributed by atoms with Crippen molar-refractivity contribution in [1.82, 2.24) is 4.72 Å². The lowest BCUT2D eigenvalue weighted by Crippen LogP contribution is -2.28. The zero-order valence-electron chi connectivity index (χ0n) is 9.95. The molecule has 102 valence electrons. The standard InChI is InChI=1S/C11H15BrClNO2S2/c1-7-4-10(17-11(7)13)18(15,16)14-6-8-2-3-9(12)5-8/h4,8-9,14H,2-3,5-6H2,1H3. The van der Waals surface area contributed by atoms with Gasteiger partial charge in [-0.2, -0.15) is 0 Å². The predicted octanol–water partition coefficient (Wildman–Crippen LogP) is 3.55. The lowest BCUT2D eigenvalue weighted by atomic mass is 10.1. The quantitative estimate of drug-likeness (QED) is 0.822.